The second-order valence-electron chi connectivity index (χ2n) is 10.0. The van der Waals surface area contributed by atoms with Gasteiger partial charge in [-0.3, -0.25) is 39.0 Å². The molecule has 0 atom stereocenters. The van der Waals surface area contributed by atoms with Crippen LogP contribution < -0.4 is 11.1 Å². The van der Waals surface area contributed by atoms with Crippen LogP contribution in [0.3, 0.4) is 0 Å². The van der Waals surface area contributed by atoms with Crippen LogP contribution in [0.25, 0.3) is 0 Å². The van der Waals surface area contributed by atoms with Crippen LogP contribution in [0.15, 0.2) is 66.4 Å². The molecule has 1 radical (unpaired) electrons. The molecule has 2 aromatic carbocycles. The van der Waals surface area contributed by atoms with Gasteiger partial charge in [0.05, 0.1) is 22.9 Å². The first kappa shape index (κ1) is 41.3. The predicted molar refractivity (Wildman–Crippen MR) is 179 cm³/mol. The van der Waals surface area contributed by atoms with E-state index in [-0.39, 0.29) is 97.7 Å². The molecule has 0 aliphatic heterocycles. The van der Waals surface area contributed by atoms with Crippen LogP contribution in [0.1, 0.15) is 22.3 Å². The Morgan fingerprint density at radius 2 is 1.04 bits per heavy atom. The average molecular weight is 766 g/mol. The van der Waals surface area contributed by atoms with Gasteiger partial charge >= 0.3 is 0 Å². The van der Waals surface area contributed by atoms with E-state index in [1.165, 1.54) is 13.8 Å². The van der Waals surface area contributed by atoms with Crippen molar-refractivity contribution in [3.05, 3.63) is 99.6 Å². The zero-order valence-electron chi connectivity index (χ0n) is 27.1. The number of rotatable bonds is 8. The van der Waals surface area contributed by atoms with E-state index in [0.717, 1.165) is 45.5 Å². The van der Waals surface area contributed by atoms with Gasteiger partial charge in [0, 0.05) is 52.2 Å². The average Bonchev–Trinajstić information content (AvgIpc) is 3.10. The van der Waals surface area contributed by atoms with Crippen LogP contribution in [0, 0.1) is 81.4 Å². The van der Waals surface area contributed by atoms with E-state index in [4.69, 9.17) is 23.4 Å². The fourth-order valence-electron chi connectivity index (χ4n) is 4.21. The molecule has 269 valence electrons. The molecule has 21 heteroatoms. The summed E-state index contributed by atoms with van der Waals surface area (Å²) in [6, 6.07) is 9.68. The molecule has 0 fully saturated rings. The smallest absolute Gasteiger partial charge is 0.272 e. The van der Waals surface area contributed by atoms with Crippen LogP contribution in [-0.4, -0.2) is 39.4 Å². The first-order valence-corrected chi connectivity index (χ1v) is 14.0. The Labute approximate surface area is 307 Å². The van der Waals surface area contributed by atoms with E-state index in [1.807, 2.05) is 0 Å². The molecule has 20 nitrogen and oxygen atoms in total. The molecule has 0 spiro atoms. The first-order chi connectivity index (χ1) is 24.6. The number of aromatic hydroxyl groups is 4. The van der Waals surface area contributed by atoms with Gasteiger partial charge in [0.25, 0.3) is 22.5 Å². The Hall–Kier alpha value is -7.85. The number of non-ortho nitro benzene ring substituents is 2. The van der Waals surface area contributed by atoms with E-state index in [0.29, 0.717) is 0 Å². The molecule has 0 saturated carbocycles. The normalized spacial score (nSPS) is 10.2. The van der Waals surface area contributed by atoms with Crippen molar-refractivity contribution in [2.75, 3.05) is 0 Å². The number of hydrogen-bond acceptors (Lipinski definition) is 16. The zero-order chi connectivity index (χ0) is 38.9. The standard InChI is InChI=1S/2C16H11N5O5.Co/c2*1-3-6-20-15(23)11(8-17)9(2)14(16(20)24)19-18-12-7-10(21(25)26)4-5-13(12)22;/h2*1,4-5,7,22,24H,6H2,2H3;. The molecule has 0 saturated heterocycles. The summed E-state index contributed by atoms with van der Waals surface area (Å²) in [4.78, 5) is 44.5. The Bertz CT molecular complexity index is 2320. The Kier molecular flexibility index (Phi) is 13.8. The Morgan fingerprint density at radius 3 is 1.32 bits per heavy atom. The fourth-order valence-corrected chi connectivity index (χ4v) is 4.21. The van der Waals surface area contributed by atoms with Crippen LogP contribution in [0.4, 0.5) is 34.1 Å². The molecule has 2 aromatic heterocycles. The fraction of sp³-hybridized carbons (Fsp3) is 0.125. The number of benzene rings is 2. The van der Waals surface area contributed by atoms with E-state index >= 15 is 0 Å². The Morgan fingerprint density at radius 1 is 0.698 bits per heavy atom. The van der Waals surface area contributed by atoms with Crippen molar-refractivity contribution in [1.29, 1.82) is 10.5 Å². The molecule has 4 aromatic rings. The van der Waals surface area contributed by atoms with Crippen molar-refractivity contribution in [3.8, 4) is 60.1 Å². The van der Waals surface area contributed by atoms with E-state index < -0.39 is 32.7 Å². The van der Waals surface area contributed by atoms with Crippen LogP contribution >= 0.6 is 0 Å². The van der Waals surface area contributed by atoms with Crippen molar-refractivity contribution in [2.24, 2.45) is 20.5 Å². The Balaban J connectivity index is 0.000000360. The summed E-state index contributed by atoms with van der Waals surface area (Å²) in [6.07, 6.45) is 10.3. The van der Waals surface area contributed by atoms with Crippen LogP contribution in [0.5, 0.6) is 23.3 Å². The van der Waals surface area contributed by atoms with E-state index in [1.54, 1.807) is 12.1 Å². The summed E-state index contributed by atoms with van der Waals surface area (Å²) in [7, 11) is 0. The third-order valence-corrected chi connectivity index (χ3v) is 6.89. The first-order valence-electron chi connectivity index (χ1n) is 14.0. The molecular formula is C32H22CoN10O10. The summed E-state index contributed by atoms with van der Waals surface area (Å²) in [5, 5.41) is 94.7. The monoisotopic (exact) mass is 765 g/mol. The number of nitrogens with zero attached hydrogens (tertiary/aromatic N) is 10. The van der Waals surface area contributed by atoms with Gasteiger partial charge in [-0.15, -0.1) is 33.3 Å². The van der Waals surface area contributed by atoms with Crippen molar-refractivity contribution >= 4 is 34.1 Å². The maximum atomic E-state index is 12.1. The van der Waals surface area contributed by atoms with Gasteiger partial charge in [-0.1, -0.05) is 11.8 Å². The van der Waals surface area contributed by atoms with Crippen LogP contribution in [0.2, 0.25) is 0 Å². The van der Waals surface area contributed by atoms with Gasteiger partial charge in [-0.25, -0.2) is 0 Å². The summed E-state index contributed by atoms with van der Waals surface area (Å²) in [5.74, 6) is 2.36. The second kappa shape index (κ2) is 17.7. The quantitative estimate of drug-likeness (QED) is 0.0814. The maximum Gasteiger partial charge on any atom is 0.272 e. The largest absolute Gasteiger partial charge is 0.506 e. The molecule has 0 unspecified atom stereocenters. The minimum Gasteiger partial charge on any atom is -0.506 e. The van der Waals surface area contributed by atoms with Gasteiger partial charge in [-0.05, 0) is 26.0 Å². The maximum absolute atomic E-state index is 12.1. The summed E-state index contributed by atoms with van der Waals surface area (Å²) in [5.41, 5.74) is -3.57. The number of phenols is 2. The summed E-state index contributed by atoms with van der Waals surface area (Å²) < 4.78 is 1.54. The van der Waals surface area contributed by atoms with Crippen molar-refractivity contribution < 1.29 is 47.1 Å². The zero-order valence-corrected chi connectivity index (χ0v) is 28.1. The number of azo groups is 2. The molecule has 53 heavy (non-hydrogen) atoms. The number of nitro benzene ring substituents is 2. The topological polar surface area (TPSA) is 308 Å². The molecule has 0 aliphatic rings. The number of pyridine rings is 2. The van der Waals surface area contributed by atoms with Crippen molar-refractivity contribution in [3.63, 3.8) is 0 Å². The number of phenolic OH excluding ortho intramolecular Hbond substituents is 2. The molecule has 4 N–H and O–H groups in total. The van der Waals surface area contributed by atoms with Crippen LogP contribution in [-0.2, 0) is 29.9 Å². The van der Waals surface area contributed by atoms with Gasteiger partial charge < -0.3 is 20.4 Å². The third kappa shape index (κ3) is 8.85. The molecule has 4 rings (SSSR count). The SMILES string of the molecule is C#CCn1c(O)c(N=Nc2cc([N+](=O)[O-])ccc2O)c(C)c(C#N)c1=O.C#CCn1c(O)c(N=Nc2cc([N+](=O)[O-])ccc2O)c(C)c(C#N)c1=O.[Co]. The van der Waals surface area contributed by atoms with Gasteiger partial charge in [0.2, 0.25) is 11.8 Å². The molecular weight excluding hydrogens is 743 g/mol. The minimum atomic E-state index is -0.780. The number of hydrogen-bond donors (Lipinski definition) is 4. The summed E-state index contributed by atoms with van der Waals surface area (Å²) in [6.45, 7) is 2.15. The minimum absolute atomic E-state index is 0. The number of terminal acetylenes is 2. The molecule has 0 bridgehead atoms. The number of nitriles is 2. The van der Waals surface area contributed by atoms with E-state index in [9.17, 15) is 50.2 Å². The number of aromatic nitrogens is 2. The summed E-state index contributed by atoms with van der Waals surface area (Å²) >= 11 is 0. The second-order valence-corrected chi connectivity index (χ2v) is 10.0. The molecule has 0 aliphatic carbocycles. The van der Waals surface area contributed by atoms with Gasteiger partial charge in [-0.2, -0.15) is 10.5 Å². The third-order valence-electron chi connectivity index (χ3n) is 6.89. The van der Waals surface area contributed by atoms with Crippen molar-refractivity contribution in [2.45, 2.75) is 26.9 Å². The number of nitro groups is 2. The molecule has 0 amide bonds. The van der Waals surface area contributed by atoms with Crippen molar-refractivity contribution in [1.82, 2.24) is 9.13 Å². The molecule has 2 heterocycles. The van der Waals surface area contributed by atoms with E-state index in [2.05, 4.69) is 32.3 Å². The van der Waals surface area contributed by atoms with Gasteiger partial charge in [0.1, 0.15) is 46.1 Å². The van der Waals surface area contributed by atoms with Gasteiger partial charge in [0.15, 0.2) is 11.4 Å². The predicted octanol–water partition coefficient (Wildman–Crippen LogP) is 4.79.